The van der Waals surface area contributed by atoms with E-state index in [4.69, 9.17) is 4.74 Å². The van der Waals surface area contributed by atoms with E-state index in [0.29, 0.717) is 11.3 Å². The molecule has 0 bridgehead atoms. The lowest BCUT2D eigenvalue weighted by Gasteiger charge is -2.10. The Balaban J connectivity index is 1.88. The third kappa shape index (κ3) is 5.37. The van der Waals surface area contributed by atoms with Crippen LogP contribution in [0.1, 0.15) is 11.1 Å². The van der Waals surface area contributed by atoms with Gasteiger partial charge in [0, 0.05) is 4.47 Å². The molecule has 0 saturated heterocycles. The molecule has 0 radical (unpaired) electrons. The largest absolute Gasteiger partial charge is 0.508 e. The van der Waals surface area contributed by atoms with Gasteiger partial charge in [0.25, 0.3) is 5.91 Å². The Kier molecular flexibility index (Phi) is 6.18. The molecule has 0 fully saturated rings. The van der Waals surface area contributed by atoms with Crippen molar-refractivity contribution in [3.8, 4) is 11.5 Å². The lowest BCUT2D eigenvalue weighted by Crippen LogP contribution is -2.24. The highest BCUT2D eigenvalue weighted by Gasteiger charge is 2.09. The zero-order valence-electron chi connectivity index (χ0n) is 12.2. The van der Waals surface area contributed by atoms with Gasteiger partial charge in [0.15, 0.2) is 6.61 Å². The number of phenolic OH excluding ortho intramolecular Hbond substituents is 1. The first-order chi connectivity index (χ1) is 11.0. The number of hydrazone groups is 1. The van der Waals surface area contributed by atoms with Gasteiger partial charge in [0.05, 0.1) is 10.7 Å². The molecule has 120 valence electrons. The van der Waals surface area contributed by atoms with Crippen molar-refractivity contribution in [1.29, 1.82) is 0 Å². The second kappa shape index (κ2) is 8.12. The predicted octanol–water partition coefficient (Wildman–Crippen LogP) is 3.75. The van der Waals surface area contributed by atoms with E-state index in [1.807, 2.05) is 19.1 Å². The highest BCUT2D eigenvalue weighted by molar-refractivity contribution is 9.11. The van der Waals surface area contributed by atoms with Crippen LogP contribution in [0.4, 0.5) is 0 Å². The monoisotopic (exact) mass is 440 g/mol. The summed E-state index contributed by atoms with van der Waals surface area (Å²) in [5, 5.41) is 13.1. The molecule has 1 amide bonds. The Morgan fingerprint density at radius 2 is 2.13 bits per heavy atom. The number of benzene rings is 2. The van der Waals surface area contributed by atoms with Crippen molar-refractivity contribution >= 4 is 44.0 Å². The number of ether oxygens (including phenoxy) is 1. The van der Waals surface area contributed by atoms with Crippen molar-refractivity contribution < 1.29 is 14.6 Å². The van der Waals surface area contributed by atoms with Crippen LogP contribution in [0.25, 0.3) is 0 Å². The number of rotatable bonds is 5. The third-order valence-electron chi connectivity index (χ3n) is 2.81. The molecule has 0 spiro atoms. The Hall–Kier alpha value is -1.86. The van der Waals surface area contributed by atoms with E-state index in [2.05, 4.69) is 42.4 Å². The first kappa shape index (κ1) is 17.5. The number of amides is 1. The Morgan fingerprint density at radius 1 is 1.35 bits per heavy atom. The number of aryl methyl sites for hydroxylation is 1. The summed E-state index contributed by atoms with van der Waals surface area (Å²) in [5.74, 6) is 0.370. The summed E-state index contributed by atoms with van der Waals surface area (Å²) in [5.41, 5.74) is 3.95. The molecule has 0 aliphatic rings. The molecule has 0 atom stereocenters. The van der Waals surface area contributed by atoms with Gasteiger partial charge in [-0.15, -0.1) is 0 Å². The van der Waals surface area contributed by atoms with E-state index in [9.17, 15) is 9.90 Å². The van der Waals surface area contributed by atoms with Gasteiger partial charge >= 0.3 is 0 Å². The molecular formula is C16H14Br2N2O3. The molecule has 0 saturated carbocycles. The van der Waals surface area contributed by atoms with Crippen LogP contribution in [0.3, 0.4) is 0 Å². The summed E-state index contributed by atoms with van der Waals surface area (Å²) in [4.78, 5) is 11.7. The average Bonchev–Trinajstić information content (AvgIpc) is 2.46. The van der Waals surface area contributed by atoms with Crippen LogP contribution in [-0.4, -0.2) is 23.8 Å². The molecule has 2 N–H and O–H groups in total. The zero-order valence-corrected chi connectivity index (χ0v) is 15.4. The average molecular weight is 442 g/mol. The van der Waals surface area contributed by atoms with Crippen LogP contribution in [0.15, 0.2) is 50.4 Å². The summed E-state index contributed by atoms with van der Waals surface area (Å²) in [6.45, 7) is 1.74. The SMILES string of the molecule is Cc1cc(Br)cc(Br)c1OCC(=O)N/N=C/c1cccc(O)c1. The van der Waals surface area contributed by atoms with Gasteiger partial charge in [-0.1, -0.05) is 28.1 Å². The fourth-order valence-electron chi connectivity index (χ4n) is 1.83. The summed E-state index contributed by atoms with van der Waals surface area (Å²) in [6, 6.07) is 10.3. The molecule has 23 heavy (non-hydrogen) atoms. The van der Waals surface area contributed by atoms with Crippen LogP contribution in [0.2, 0.25) is 0 Å². The van der Waals surface area contributed by atoms with Crippen molar-refractivity contribution in [2.45, 2.75) is 6.92 Å². The van der Waals surface area contributed by atoms with Crippen LogP contribution < -0.4 is 10.2 Å². The number of nitrogens with one attached hydrogen (secondary N) is 1. The normalized spacial score (nSPS) is 10.7. The van der Waals surface area contributed by atoms with Crippen LogP contribution in [0.5, 0.6) is 11.5 Å². The van der Waals surface area contributed by atoms with Crippen molar-refractivity contribution in [3.05, 3.63) is 56.5 Å². The van der Waals surface area contributed by atoms with Crippen molar-refractivity contribution in [1.82, 2.24) is 5.43 Å². The molecule has 0 unspecified atom stereocenters. The summed E-state index contributed by atoms with van der Waals surface area (Å²) < 4.78 is 7.20. The van der Waals surface area contributed by atoms with Crippen LogP contribution >= 0.6 is 31.9 Å². The van der Waals surface area contributed by atoms with Gasteiger partial charge in [0.1, 0.15) is 11.5 Å². The minimum Gasteiger partial charge on any atom is -0.508 e. The Morgan fingerprint density at radius 3 is 2.83 bits per heavy atom. The van der Waals surface area contributed by atoms with Gasteiger partial charge in [-0.2, -0.15) is 5.10 Å². The van der Waals surface area contributed by atoms with E-state index in [0.717, 1.165) is 14.5 Å². The second-order valence-electron chi connectivity index (χ2n) is 4.71. The third-order valence-corrected chi connectivity index (χ3v) is 3.86. The van der Waals surface area contributed by atoms with Gasteiger partial charge in [-0.05, 0) is 58.2 Å². The topological polar surface area (TPSA) is 70.9 Å². The standard InChI is InChI=1S/C16H14Br2N2O3/c1-10-5-12(17)7-14(18)16(10)23-9-15(22)20-19-8-11-3-2-4-13(21)6-11/h2-8,21H,9H2,1H3,(H,20,22)/b19-8+. The maximum absolute atomic E-state index is 11.7. The Labute approximate surface area is 150 Å². The first-order valence-corrected chi connectivity index (χ1v) is 8.23. The molecule has 7 heteroatoms. The smallest absolute Gasteiger partial charge is 0.277 e. The van der Waals surface area contributed by atoms with Crippen LogP contribution in [-0.2, 0) is 4.79 Å². The fourth-order valence-corrected chi connectivity index (χ4v) is 3.38. The lowest BCUT2D eigenvalue weighted by molar-refractivity contribution is -0.123. The Bertz CT molecular complexity index is 725. The van der Waals surface area contributed by atoms with E-state index in [1.54, 1.807) is 18.2 Å². The number of carbonyl (C=O) groups is 1. The number of aromatic hydroxyl groups is 1. The van der Waals surface area contributed by atoms with Crippen molar-refractivity contribution in [3.63, 3.8) is 0 Å². The molecule has 5 nitrogen and oxygen atoms in total. The summed E-state index contributed by atoms with van der Waals surface area (Å²) >= 11 is 6.78. The molecule has 0 aliphatic heterocycles. The van der Waals surface area contributed by atoms with Gasteiger partial charge in [-0.3, -0.25) is 4.79 Å². The maximum Gasteiger partial charge on any atom is 0.277 e. The number of hydrogen-bond acceptors (Lipinski definition) is 4. The van der Waals surface area contributed by atoms with E-state index in [1.165, 1.54) is 12.3 Å². The molecule has 0 aliphatic carbocycles. The van der Waals surface area contributed by atoms with Crippen molar-refractivity contribution in [2.24, 2.45) is 5.10 Å². The fraction of sp³-hybridized carbons (Fsp3) is 0.125. The van der Waals surface area contributed by atoms with Gasteiger partial charge < -0.3 is 9.84 Å². The lowest BCUT2D eigenvalue weighted by atomic mass is 10.2. The minimum absolute atomic E-state index is 0.138. The van der Waals surface area contributed by atoms with Crippen LogP contribution in [0, 0.1) is 6.92 Å². The highest BCUT2D eigenvalue weighted by atomic mass is 79.9. The number of carbonyl (C=O) groups excluding carboxylic acids is 1. The molecular weight excluding hydrogens is 428 g/mol. The molecule has 2 aromatic carbocycles. The number of nitrogens with zero attached hydrogens (tertiary/aromatic N) is 1. The number of hydrogen-bond donors (Lipinski definition) is 2. The molecule has 2 aromatic rings. The predicted molar refractivity (Wildman–Crippen MR) is 95.9 cm³/mol. The molecule has 2 rings (SSSR count). The zero-order chi connectivity index (χ0) is 16.8. The second-order valence-corrected chi connectivity index (χ2v) is 6.48. The first-order valence-electron chi connectivity index (χ1n) is 6.65. The van der Waals surface area contributed by atoms with E-state index in [-0.39, 0.29) is 18.3 Å². The minimum atomic E-state index is -0.379. The molecule has 0 aromatic heterocycles. The summed E-state index contributed by atoms with van der Waals surface area (Å²) in [6.07, 6.45) is 1.44. The maximum atomic E-state index is 11.7. The highest BCUT2D eigenvalue weighted by Crippen LogP contribution is 2.32. The van der Waals surface area contributed by atoms with E-state index >= 15 is 0 Å². The number of halogens is 2. The van der Waals surface area contributed by atoms with E-state index < -0.39 is 0 Å². The van der Waals surface area contributed by atoms with Crippen molar-refractivity contribution in [2.75, 3.05) is 6.61 Å². The summed E-state index contributed by atoms with van der Waals surface area (Å²) in [7, 11) is 0. The quantitative estimate of drug-likeness (QED) is 0.548. The molecule has 0 heterocycles. The van der Waals surface area contributed by atoms with Gasteiger partial charge in [-0.25, -0.2) is 5.43 Å². The van der Waals surface area contributed by atoms with Gasteiger partial charge in [0.2, 0.25) is 0 Å². The number of phenols is 1.